The smallest absolute Gasteiger partial charge is 0.119 e. The second-order valence-corrected chi connectivity index (χ2v) is 6.22. The third-order valence-electron chi connectivity index (χ3n) is 4.39. The van der Waals surface area contributed by atoms with Crippen LogP contribution in [0.2, 0.25) is 0 Å². The van der Waals surface area contributed by atoms with Gasteiger partial charge in [-0.05, 0) is 36.4 Å². The minimum atomic E-state index is -0.529. The van der Waals surface area contributed by atoms with Crippen molar-refractivity contribution in [3.8, 4) is 11.8 Å². The number of rotatable bonds is 6. The van der Waals surface area contributed by atoms with E-state index in [-0.39, 0.29) is 6.61 Å². The summed E-state index contributed by atoms with van der Waals surface area (Å²) in [5.74, 6) is 0.673. The molecule has 0 aliphatic carbocycles. The number of benzene rings is 2. The summed E-state index contributed by atoms with van der Waals surface area (Å²) in [6.45, 7) is 4.66. The molecule has 2 aromatic carbocycles. The Labute approximate surface area is 148 Å². The summed E-state index contributed by atoms with van der Waals surface area (Å²) in [7, 11) is 0. The van der Waals surface area contributed by atoms with Crippen LogP contribution in [0.15, 0.2) is 54.6 Å². The Morgan fingerprint density at radius 3 is 2.32 bits per heavy atom. The predicted octanol–water partition coefficient (Wildman–Crippen LogP) is 2.12. The number of nitrogens with zero attached hydrogens (tertiary/aromatic N) is 3. The number of para-hydroxylation sites is 1. The van der Waals surface area contributed by atoms with Gasteiger partial charge in [0.15, 0.2) is 0 Å². The molecule has 1 fully saturated rings. The van der Waals surface area contributed by atoms with Crippen molar-refractivity contribution < 1.29 is 9.84 Å². The topological polar surface area (TPSA) is 59.7 Å². The largest absolute Gasteiger partial charge is 0.491 e. The van der Waals surface area contributed by atoms with Crippen molar-refractivity contribution in [2.75, 3.05) is 44.2 Å². The SMILES string of the molecule is N#Cc1ccc(OC[C@H](O)CN2CCN(c3ccccc3)CC2)cc1. The number of aliphatic hydroxyl groups is 1. The molecule has 1 N–H and O–H groups in total. The van der Waals surface area contributed by atoms with E-state index in [1.807, 2.05) is 6.07 Å². The van der Waals surface area contributed by atoms with E-state index in [4.69, 9.17) is 10.00 Å². The maximum Gasteiger partial charge on any atom is 0.119 e. The summed E-state index contributed by atoms with van der Waals surface area (Å²) < 4.78 is 5.60. The average molecular weight is 337 g/mol. The molecule has 1 heterocycles. The summed E-state index contributed by atoms with van der Waals surface area (Å²) in [4.78, 5) is 4.64. The van der Waals surface area contributed by atoms with Crippen molar-refractivity contribution in [1.82, 2.24) is 4.90 Å². The van der Waals surface area contributed by atoms with Crippen LogP contribution in [0, 0.1) is 11.3 Å². The van der Waals surface area contributed by atoms with Crippen molar-refractivity contribution in [2.45, 2.75) is 6.10 Å². The highest BCUT2D eigenvalue weighted by Gasteiger charge is 2.19. The molecule has 0 aromatic heterocycles. The highest BCUT2D eigenvalue weighted by Crippen LogP contribution is 2.16. The van der Waals surface area contributed by atoms with Crippen molar-refractivity contribution in [3.05, 3.63) is 60.2 Å². The molecule has 25 heavy (non-hydrogen) atoms. The van der Waals surface area contributed by atoms with Gasteiger partial charge in [0, 0.05) is 38.4 Å². The van der Waals surface area contributed by atoms with E-state index >= 15 is 0 Å². The van der Waals surface area contributed by atoms with Gasteiger partial charge < -0.3 is 14.7 Å². The van der Waals surface area contributed by atoms with Crippen molar-refractivity contribution >= 4 is 5.69 Å². The van der Waals surface area contributed by atoms with Gasteiger partial charge in [-0.1, -0.05) is 18.2 Å². The zero-order chi connectivity index (χ0) is 17.5. The zero-order valence-electron chi connectivity index (χ0n) is 14.2. The van der Waals surface area contributed by atoms with Crippen molar-refractivity contribution in [3.63, 3.8) is 0 Å². The van der Waals surface area contributed by atoms with E-state index in [1.54, 1.807) is 24.3 Å². The number of ether oxygens (including phenoxy) is 1. The van der Waals surface area contributed by atoms with Gasteiger partial charge in [-0.2, -0.15) is 5.26 Å². The molecule has 2 aromatic rings. The van der Waals surface area contributed by atoms with Crippen LogP contribution in [-0.2, 0) is 0 Å². The highest BCUT2D eigenvalue weighted by molar-refractivity contribution is 5.46. The fraction of sp³-hybridized carbons (Fsp3) is 0.350. The van der Waals surface area contributed by atoms with Gasteiger partial charge in [-0.25, -0.2) is 0 Å². The van der Waals surface area contributed by atoms with Crippen LogP contribution in [0.25, 0.3) is 0 Å². The number of anilines is 1. The summed E-state index contributed by atoms with van der Waals surface area (Å²) in [6, 6.07) is 19.4. The zero-order valence-corrected chi connectivity index (χ0v) is 14.2. The second-order valence-electron chi connectivity index (χ2n) is 6.22. The van der Waals surface area contributed by atoms with Crippen LogP contribution in [-0.4, -0.2) is 55.4 Å². The first-order valence-electron chi connectivity index (χ1n) is 8.58. The third kappa shape index (κ3) is 4.96. The molecule has 0 unspecified atom stereocenters. The Kier molecular flexibility index (Phi) is 5.89. The van der Waals surface area contributed by atoms with Crippen LogP contribution in [0.4, 0.5) is 5.69 Å². The average Bonchev–Trinajstić information content (AvgIpc) is 2.68. The molecule has 0 radical (unpaired) electrons. The quantitative estimate of drug-likeness (QED) is 0.875. The van der Waals surface area contributed by atoms with Gasteiger partial charge in [0.2, 0.25) is 0 Å². The van der Waals surface area contributed by atoms with E-state index in [1.165, 1.54) is 5.69 Å². The van der Waals surface area contributed by atoms with Crippen LogP contribution in [0.3, 0.4) is 0 Å². The summed E-state index contributed by atoms with van der Waals surface area (Å²) in [5.41, 5.74) is 1.86. The number of hydrogen-bond donors (Lipinski definition) is 1. The molecule has 0 bridgehead atoms. The van der Waals surface area contributed by atoms with Gasteiger partial charge in [-0.3, -0.25) is 4.90 Å². The number of piperazine rings is 1. The predicted molar refractivity (Wildman–Crippen MR) is 97.8 cm³/mol. The normalized spacial score (nSPS) is 16.2. The first-order valence-corrected chi connectivity index (χ1v) is 8.58. The van der Waals surface area contributed by atoms with Gasteiger partial charge in [0.1, 0.15) is 18.5 Å². The lowest BCUT2D eigenvalue weighted by atomic mass is 10.2. The molecular weight excluding hydrogens is 314 g/mol. The molecule has 1 aliphatic rings. The Morgan fingerprint density at radius 1 is 1.00 bits per heavy atom. The first-order chi connectivity index (χ1) is 12.2. The maximum atomic E-state index is 10.2. The lowest BCUT2D eigenvalue weighted by Crippen LogP contribution is -2.49. The van der Waals surface area contributed by atoms with Crippen molar-refractivity contribution in [1.29, 1.82) is 5.26 Å². The summed E-state index contributed by atoms with van der Waals surface area (Å²) in [6.07, 6.45) is -0.529. The minimum absolute atomic E-state index is 0.255. The van der Waals surface area contributed by atoms with Gasteiger partial charge >= 0.3 is 0 Å². The molecule has 1 aliphatic heterocycles. The fourth-order valence-electron chi connectivity index (χ4n) is 3.00. The molecule has 0 spiro atoms. The lowest BCUT2D eigenvalue weighted by Gasteiger charge is -2.36. The van der Waals surface area contributed by atoms with Crippen LogP contribution >= 0.6 is 0 Å². The standard InChI is InChI=1S/C20H23N3O2/c21-14-17-6-8-20(9-7-17)25-16-19(24)15-22-10-12-23(13-11-22)18-4-2-1-3-5-18/h1-9,19,24H,10-13,15-16H2/t19-/m1/s1. The number of hydrogen-bond acceptors (Lipinski definition) is 5. The van der Waals surface area contributed by atoms with Crippen LogP contribution in [0.1, 0.15) is 5.56 Å². The molecule has 0 saturated carbocycles. The van der Waals surface area contributed by atoms with E-state index < -0.39 is 6.10 Å². The molecule has 1 atom stereocenters. The molecule has 3 rings (SSSR count). The Morgan fingerprint density at radius 2 is 1.68 bits per heavy atom. The monoisotopic (exact) mass is 337 g/mol. The molecular formula is C20H23N3O2. The Balaban J connectivity index is 1.40. The molecule has 5 heteroatoms. The Bertz CT molecular complexity index is 689. The summed E-state index contributed by atoms with van der Waals surface area (Å²) >= 11 is 0. The van der Waals surface area contributed by atoms with E-state index in [2.05, 4.69) is 40.1 Å². The van der Waals surface area contributed by atoms with E-state index in [9.17, 15) is 5.11 Å². The van der Waals surface area contributed by atoms with Gasteiger partial charge in [-0.15, -0.1) is 0 Å². The lowest BCUT2D eigenvalue weighted by molar-refractivity contribution is 0.0663. The summed E-state index contributed by atoms with van der Waals surface area (Å²) in [5, 5.41) is 19.0. The molecule has 130 valence electrons. The fourth-order valence-corrected chi connectivity index (χ4v) is 3.00. The molecule has 5 nitrogen and oxygen atoms in total. The number of nitriles is 1. The van der Waals surface area contributed by atoms with Gasteiger partial charge in [0.05, 0.1) is 11.6 Å². The number of β-amino-alcohol motifs (C(OH)–C–C–N with tert-alkyl or cyclic N) is 1. The van der Waals surface area contributed by atoms with E-state index in [0.29, 0.717) is 17.9 Å². The highest BCUT2D eigenvalue weighted by atomic mass is 16.5. The second kappa shape index (κ2) is 8.52. The number of aliphatic hydroxyl groups excluding tert-OH is 1. The van der Waals surface area contributed by atoms with E-state index in [0.717, 1.165) is 26.2 Å². The first kappa shape index (κ1) is 17.3. The van der Waals surface area contributed by atoms with Crippen LogP contribution < -0.4 is 9.64 Å². The maximum absolute atomic E-state index is 10.2. The van der Waals surface area contributed by atoms with Crippen molar-refractivity contribution in [2.24, 2.45) is 0 Å². The third-order valence-corrected chi connectivity index (χ3v) is 4.39. The molecule has 0 amide bonds. The minimum Gasteiger partial charge on any atom is -0.491 e. The molecule has 1 saturated heterocycles. The van der Waals surface area contributed by atoms with Crippen LogP contribution in [0.5, 0.6) is 5.75 Å². The van der Waals surface area contributed by atoms with Gasteiger partial charge in [0.25, 0.3) is 0 Å². The Hall–Kier alpha value is -2.55.